The number of amides is 3. The molecule has 20 heteroatoms. The number of alkyl halides is 2. The molecular weight excluding hydrogens is 1080 g/mol. The lowest BCUT2D eigenvalue weighted by atomic mass is 9.66. The molecule has 2 aliphatic carbocycles. The zero-order chi connectivity index (χ0) is 57.0. The van der Waals surface area contributed by atoms with E-state index >= 15 is 4.79 Å². The second kappa shape index (κ2) is 25.4. The Morgan fingerprint density at radius 1 is 0.900 bits per heavy atom. The van der Waals surface area contributed by atoms with Crippen LogP contribution in [0.15, 0.2) is 83.7 Å². The zero-order valence-electron chi connectivity index (χ0n) is 46.8. The molecule has 3 amide bonds. The molecule has 2 saturated heterocycles. The van der Waals surface area contributed by atoms with Crippen LogP contribution in [0.1, 0.15) is 157 Å². The third-order valence-electron chi connectivity index (χ3n) is 17.3. The lowest BCUT2D eigenvalue weighted by molar-refractivity contribution is -0.159. The summed E-state index contributed by atoms with van der Waals surface area (Å²) in [5, 5.41) is 10.6. The maximum Gasteiger partial charge on any atom is 0.284 e. The minimum Gasteiger partial charge on any atom is -0.444 e. The molecule has 5 heterocycles. The maximum absolute atomic E-state index is 15.4. The summed E-state index contributed by atoms with van der Waals surface area (Å²) in [6, 6.07) is 17.2. The van der Waals surface area contributed by atoms with Crippen LogP contribution in [0, 0.1) is 29.1 Å². The number of pyridine rings is 1. The van der Waals surface area contributed by atoms with Crippen molar-refractivity contribution < 1.29 is 36.0 Å². The molecule has 0 unspecified atom stereocenters. The van der Waals surface area contributed by atoms with Gasteiger partial charge < -0.3 is 29.8 Å². The van der Waals surface area contributed by atoms with Crippen LogP contribution in [0.25, 0.3) is 11.5 Å². The zero-order valence-corrected chi connectivity index (χ0v) is 49.1. The van der Waals surface area contributed by atoms with E-state index in [1.54, 1.807) is 53.9 Å². The highest BCUT2D eigenvalue weighted by atomic mass is 35.5. The first-order valence-corrected chi connectivity index (χ1v) is 31.0. The van der Waals surface area contributed by atoms with Gasteiger partial charge in [0.2, 0.25) is 17.7 Å². The van der Waals surface area contributed by atoms with E-state index in [1.807, 2.05) is 62.1 Å². The van der Waals surface area contributed by atoms with Gasteiger partial charge in [0.15, 0.2) is 21.2 Å². The van der Waals surface area contributed by atoms with Crippen LogP contribution in [-0.4, -0.2) is 117 Å². The Hall–Kier alpha value is -5.43. The summed E-state index contributed by atoms with van der Waals surface area (Å²) in [6.45, 7) is 13.0. The van der Waals surface area contributed by atoms with Gasteiger partial charge in [0.05, 0.1) is 34.2 Å². The van der Waals surface area contributed by atoms with Gasteiger partial charge >= 0.3 is 0 Å². The van der Waals surface area contributed by atoms with Crippen molar-refractivity contribution in [3.63, 3.8) is 0 Å². The number of aromatic nitrogens is 4. The van der Waals surface area contributed by atoms with Crippen LogP contribution in [-0.2, 0) is 19.4 Å². The van der Waals surface area contributed by atoms with Crippen LogP contribution in [0.2, 0.25) is 10.0 Å². The molecule has 2 N–H and O–H groups in total. The van der Waals surface area contributed by atoms with E-state index in [0.29, 0.717) is 58.7 Å². The number of nitrogens with zero attached hydrogens (tertiary/aromatic N) is 7. The number of hydrogen-bond acceptors (Lipinski definition) is 11. The fraction of sp³-hybridized carbons (Fsp3) is 0.567. The number of carbonyl (C=O) groups is 3. The largest absolute Gasteiger partial charge is 0.444 e. The first-order chi connectivity index (χ1) is 38.1. The quantitative estimate of drug-likeness (QED) is 0.0674. The number of piperidine rings is 2. The highest BCUT2D eigenvalue weighted by Gasteiger charge is 2.54. The average molecular weight is 1160 g/mol. The van der Waals surface area contributed by atoms with Gasteiger partial charge in [0.25, 0.3) is 12.3 Å². The number of likely N-dealkylation sites (tertiary alicyclic amines) is 2. The van der Waals surface area contributed by atoms with Crippen molar-refractivity contribution in [2.75, 3.05) is 56.2 Å². The summed E-state index contributed by atoms with van der Waals surface area (Å²) in [7, 11) is -1.46. The van der Waals surface area contributed by atoms with Gasteiger partial charge in [0.1, 0.15) is 12.1 Å². The smallest absolute Gasteiger partial charge is 0.284 e. The summed E-state index contributed by atoms with van der Waals surface area (Å²) < 4.78 is 63.3. The fourth-order valence-electron chi connectivity index (χ4n) is 12.2. The molecule has 432 valence electrons. The van der Waals surface area contributed by atoms with Gasteiger partial charge in [-0.05, 0) is 163 Å². The van der Waals surface area contributed by atoms with E-state index < -0.39 is 50.6 Å². The minimum absolute atomic E-state index is 0.00647. The van der Waals surface area contributed by atoms with Crippen molar-refractivity contribution in [2.45, 2.75) is 141 Å². The highest BCUT2D eigenvalue weighted by Crippen LogP contribution is 2.53. The van der Waals surface area contributed by atoms with Crippen LogP contribution in [0.3, 0.4) is 0 Å². The van der Waals surface area contributed by atoms with E-state index in [9.17, 15) is 26.8 Å². The molecular formula is C60H77Cl2F2N9O6S. The second-order valence-corrected chi connectivity index (χ2v) is 27.5. The van der Waals surface area contributed by atoms with E-state index in [1.165, 1.54) is 25.3 Å². The molecule has 0 radical (unpaired) electrons. The van der Waals surface area contributed by atoms with Gasteiger partial charge in [0, 0.05) is 72.6 Å². The highest BCUT2D eigenvalue weighted by molar-refractivity contribution is 7.92. The summed E-state index contributed by atoms with van der Waals surface area (Å²) >= 11 is 13.0. The Labute approximate surface area is 479 Å². The number of halogens is 4. The molecule has 5 aromatic rings. The van der Waals surface area contributed by atoms with Gasteiger partial charge in [-0.25, -0.2) is 27.2 Å². The van der Waals surface area contributed by atoms with E-state index in [4.69, 9.17) is 27.6 Å². The number of rotatable bonds is 22. The molecule has 0 bridgehead atoms. The van der Waals surface area contributed by atoms with Gasteiger partial charge in [-0.2, -0.15) is 5.10 Å². The van der Waals surface area contributed by atoms with Crippen LogP contribution >= 0.6 is 23.2 Å². The first-order valence-electron chi connectivity index (χ1n) is 28.5. The summed E-state index contributed by atoms with van der Waals surface area (Å²) in [5.41, 5.74) is 0.652. The lowest BCUT2D eigenvalue weighted by Crippen LogP contribution is -2.59. The molecule has 0 spiro atoms. The third kappa shape index (κ3) is 14.2. The van der Waals surface area contributed by atoms with Crippen LogP contribution in [0.4, 0.5) is 20.3 Å². The fourth-order valence-corrected chi connectivity index (χ4v) is 13.9. The van der Waals surface area contributed by atoms with Gasteiger partial charge in [-0.1, -0.05) is 68.2 Å². The molecule has 9 rings (SSSR count). The second-order valence-electron chi connectivity index (χ2n) is 24.0. The Bertz CT molecular complexity index is 3070. The van der Waals surface area contributed by atoms with Crippen LogP contribution in [0.5, 0.6) is 0 Å². The lowest BCUT2D eigenvalue weighted by Gasteiger charge is -2.53. The first kappa shape index (κ1) is 59.2. The molecule has 80 heavy (non-hydrogen) atoms. The normalized spacial score (nSPS) is 22.6. The van der Waals surface area contributed by atoms with E-state index in [-0.39, 0.29) is 59.1 Å². The van der Waals surface area contributed by atoms with E-state index in [0.717, 1.165) is 75.7 Å². The standard InChI is InChI=1S/C60H77Cl2F2N9O6S/c1-37(2)51(36-80(77,78)38(3)4)73-55(42-14-16-45(61)17-15-42)48(43-8-7-9-46(62)28-43)30-60(5,59(73)76)31-53(74)71-26-22-39(23-27-71)21-25-70(6)33-41-12-18-47(19-13-41)72-34-49(54(69-72)56(63)64)67-57(75)50-35-79-58(68-50)44-20-24-65-52(29-44)66-32-40-10-11-40/h7-9,14-17,20,24,28-29,34-35,37-41,47-48,51,55-56H,10-13,18-19,21-23,25-27,30-33,36H2,1-6H3,(H,65,66)(H,67,75)/t41?,47?,48-,51-,55-,60-/m1/s1. The van der Waals surface area contributed by atoms with Crippen molar-refractivity contribution >= 4 is 62.3 Å². The molecule has 4 atom stereocenters. The molecule has 2 aliphatic heterocycles. The molecule has 3 aromatic heterocycles. The van der Waals surface area contributed by atoms with Crippen molar-refractivity contribution in [1.82, 2.24) is 34.4 Å². The van der Waals surface area contributed by atoms with Crippen molar-refractivity contribution in [1.29, 1.82) is 0 Å². The Morgan fingerprint density at radius 2 is 1.61 bits per heavy atom. The van der Waals surface area contributed by atoms with Crippen molar-refractivity contribution in [3.8, 4) is 11.5 Å². The maximum atomic E-state index is 15.4. The van der Waals surface area contributed by atoms with Crippen LogP contribution < -0.4 is 10.6 Å². The van der Waals surface area contributed by atoms with E-state index in [2.05, 4.69) is 37.6 Å². The Balaban J connectivity index is 0.770. The number of benzene rings is 2. The number of nitrogens with one attached hydrogen (secondary N) is 2. The summed E-state index contributed by atoms with van der Waals surface area (Å²) in [5.74, 6) is 0.698. The number of anilines is 2. The third-order valence-corrected chi connectivity index (χ3v) is 20.0. The number of sulfone groups is 1. The Kier molecular flexibility index (Phi) is 18.8. The number of hydrogen-bond donors (Lipinski definition) is 2. The topological polar surface area (TPSA) is 176 Å². The molecule has 4 fully saturated rings. The number of oxazole rings is 1. The predicted octanol–water partition coefficient (Wildman–Crippen LogP) is 12.5. The molecule has 15 nitrogen and oxygen atoms in total. The molecule has 2 saturated carbocycles. The number of carbonyl (C=O) groups excluding carboxylic acids is 3. The summed E-state index contributed by atoms with van der Waals surface area (Å²) in [4.78, 5) is 58.0. The van der Waals surface area contributed by atoms with Gasteiger partial charge in [-0.3, -0.25) is 19.1 Å². The molecule has 4 aliphatic rings. The minimum atomic E-state index is -3.60. The SMILES string of the molecule is CC(C)[C@@H](CS(=O)(=O)C(C)C)N1C(=O)[C@@](C)(CC(=O)N2CCC(CCN(C)CC3CCC(n4cc(NC(=O)c5coc(-c6ccnc(NCC7CC7)c6)n5)c(C(F)F)n4)CC3)CC2)C[C@H](c2cccc(Cl)c2)[C@H]1c1ccc(Cl)cc1. The van der Waals surface area contributed by atoms with Crippen molar-refractivity contribution in [2.24, 2.45) is 29.1 Å². The predicted molar refractivity (Wildman–Crippen MR) is 309 cm³/mol. The Morgan fingerprint density at radius 3 is 2.27 bits per heavy atom. The average Bonchev–Trinajstić information content (AvgIpc) is 4.05. The monoisotopic (exact) mass is 1160 g/mol. The van der Waals surface area contributed by atoms with Crippen molar-refractivity contribution in [3.05, 3.63) is 112 Å². The summed E-state index contributed by atoms with van der Waals surface area (Å²) in [6.07, 6.45) is 10.3. The van der Waals surface area contributed by atoms with Gasteiger partial charge in [-0.15, -0.1) is 0 Å². The molecule has 2 aromatic carbocycles.